The Morgan fingerprint density at radius 1 is 1.29 bits per heavy atom. The predicted molar refractivity (Wildman–Crippen MR) is 84.9 cm³/mol. The second kappa shape index (κ2) is 8.18. The van der Waals surface area contributed by atoms with Gasteiger partial charge in [0.1, 0.15) is 0 Å². The van der Waals surface area contributed by atoms with Crippen LogP contribution in [0.4, 0.5) is 0 Å². The fourth-order valence-corrected chi connectivity index (χ4v) is 3.02. The number of amides is 1. The molecular formula is C18H27NO2. The Labute approximate surface area is 127 Å². The van der Waals surface area contributed by atoms with Crippen molar-refractivity contribution < 1.29 is 9.90 Å². The van der Waals surface area contributed by atoms with E-state index in [-0.39, 0.29) is 18.1 Å². The Morgan fingerprint density at radius 2 is 2.00 bits per heavy atom. The maximum atomic E-state index is 12.1. The highest BCUT2D eigenvalue weighted by Crippen LogP contribution is 2.19. The zero-order valence-corrected chi connectivity index (χ0v) is 12.9. The van der Waals surface area contributed by atoms with Crippen molar-refractivity contribution in [3.63, 3.8) is 0 Å². The maximum absolute atomic E-state index is 12.1. The van der Waals surface area contributed by atoms with Gasteiger partial charge in [0.2, 0.25) is 5.91 Å². The zero-order chi connectivity index (χ0) is 15.1. The Bertz CT molecular complexity index is 432. The topological polar surface area (TPSA) is 49.3 Å². The largest absolute Gasteiger partial charge is 0.391 e. The smallest absolute Gasteiger partial charge is 0.220 e. The van der Waals surface area contributed by atoms with Gasteiger partial charge in [-0.3, -0.25) is 4.79 Å². The number of nitrogens with one attached hydrogen (secondary N) is 1. The number of benzene rings is 1. The molecule has 3 heteroatoms. The summed E-state index contributed by atoms with van der Waals surface area (Å²) in [7, 11) is 0. The molecule has 1 aromatic rings. The van der Waals surface area contributed by atoms with Crippen molar-refractivity contribution in [3.8, 4) is 0 Å². The fraction of sp³-hybridized carbons (Fsp3) is 0.611. The van der Waals surface area contributed by atoms with Gasteiger partial charge in [-0.05, 0) is 37.2 Å². The Hall–Kier alpha value is -1.35. The van der Waals surface area contributed by atoms with Crippen molar-refractivity contribution in [1.29, 1.82) is 0 Å². The molecule has 116 valence electrons. The predicted octanol–water partition coefficient (Wildman–Crippen LogP) is 3.07. The van der Waals surface area contributed by atoms with Crippen LogP contribution < -0.4 is 5.32 Å². The van der Waals surface area contributed by atoms with Gasteiger partial charge < -0.3 is 10.4 Å². The Morgan fingerprint density at radius 3 is 2.71 bits per heavy atom. The monoisotopic (exact) mass is 289 g/mol. The average Bonchev–Trinajstić information content (AvgIpc) is 2.48. The highest BCUT2D eigenvalue weighted by atomic mass is 16.3. The first-order valence-corrected chi connectivity index (χ1v) is 8.16. The van der Waals surface area contributed by atoms with Crippen molar-refractivity contribution in [2.75, 3.05) is 0 Å². The number of aliphatic hydroxyl groups excluding tert-OH is 1. The van der Waals surface area contributed by atoms with Gasteiger partial charge in [-0.1, -0.05) is 50.1 Å². The van der Waals surface area contributed by atoms with Crippen molar-refractivity contribution >= 4 is 5.91 Å². The van der Waals surface area contributed by atoms with Gasteiger partial charge in [-0.2, -0.15) is 0 Å². The summed E-state index contributed by atoms with van der Waals surface area (Å²) in [6, 6.07) is 10.4. The molecule has 1 aliphatic rings. The van der Waals surface area contributed by atoms with E-state index in [1.54, 1.807) is 0 Å². The van der Waals surface area contributed by atoms with Crippen molar-refractivity contribution in [2.45, 2.75) is 64.0 Å². The number of aliphatic hydroxyl groups is 1. The minimum atomic E-state index is -0.359. The number of carbonyl (C=O) groups is 1. The van der Waals surface area contributed by atoms with E-state index in [1.165, 1.54) is 5.56 Å². The summed E-state index contributed by atoms with van der Waals surface area (Å²) in [5, 5.41) is 12.9. The molecule has 3 atom stereocenters. The van der Waals surface area contributed by atoms with Crippen LogP contribution in [0.3, 0.4) is 0 Å². The van der Waals surface area contributed by atoms with Gasteiger partial charge in [0.05, 0.1) is 12.1 Å². The summed E-state index contributed by atoms with van der Waals surface area (Å²) in [6.07, 6.45) is 6.12. The first kappa shape index (κ1) is 16.0. The van der Waals surface area contributed by atoms with Crippen LogP contribution in [0.15, 0.2) is 30.3 Å². The van der Waals surface area contributed by atoms with Crippen molar-refractivity contribution in [2.24, 2.45) is 5.92 Å². The summed E-state index contributed by atoms with van der Waals surface area (Å²) in [4.78, 5) is 12.1. The fourth-order valence-electron chi connectivity index (χ4n) is 3.02. The summed E-state index contributed by atoms with van der Waals surface area (Å²) in [6.45, 7) is 2.12. The van der Waals surface area contributed by atoms with Gasteiger partial charge in [-0.25, -0.2) is 0 Å². The molecule has 0 heterocycles. The third kappa shape index (κ3) is 5.50. The summed E-state index contributed by atoms with van der Waals surface area (Å²) in [5.74, 6) is 0.451. The van der Waals surface area contributed by atoms with Gasteiger partial charge >= 0.3 is 0 Å². The van der Waals surface area contributed by atoms with Gasteiger partial charge in [0.25, 0.3) is 0 Å². The first-order chi connectivity index (χ1) is 10.1. The third-order valence-corrected chi connectivity index (χ3v) is 4.38. The van der Waals surface area contributed by atoms with Crippen molar-refractivity contribution in [3.05, 3.63) is 35.9 Å². The quantitative estimate of drug-likeness (QED) is 0.845. The molecule has 1 fully saturated rings. The number of hydrogen-bond acceptors (Lipinski definition) is 2. The second-order valence-electron chi connectivity index (χ2n) is 6.36. The van der Waals surface area contributed by atoms with Crippen LogP contribution in [0.5, 0.6) is 0 Å². The summed E-state index contributed by atoms with van der Waals surface area (Å²) in [5.41, 5.74) is 1.33. The lowest BCUT2D eigenvalue weighted by Crippen LogP contribution is -2.45. The van der Waals surface area contributed by atoms with E-state index in [2.05, 4.69) is 36.5 Å². The van der Waals surface area contributed by atoms with Crippen LogP contribution >= 0.6 is 0 Å². The first-order valence-electron chi connectivity index (χ1n) is 8.16. The lowest BCUT2D eigenvalue weighted by molar-refractivity contribution is -0.123. The van der Waals surface area contributed by atoms with E-state index >= 15 is 0 Å². The Kier molecular flexibility index (Phi) is 6.24. The molecule has 0 aromatic heterocycles. The molecule has 0 aliphatic heterocycles. The minimum absolute atomic E-state index is 0.0347. The molecule has 1 aliphatic carbocycles. The molecule has 0 radical (unpaired) electrons. The van der Waals surface area contributed by atoms with E-state index in [4.69, 9.17) is 0 Å². The molecule has 21 heavy (non-hydrogen) atoms. The number of aryl methyl sites for hydroxylation is 1. The van der Waals surface area contributed by atoms with Crippen LogP contribution in [0.2, 0.25) is 0 Å². The molecule has 1 amide bonds. The van der Waals surface area contributed by atoms with Crippen LogP contribution in [-0.4, -0.2) is 23.2 Å². The third-order valence-electron chi connectivity index (χ3n) is 4.38. The average molecular weight is 289 g/mol. The van der Waals surface area contributed by atoms with E-state index in [0.29, 0.717) is 12.3 Å². The second-order valence-corrected chi connectivity index (χ2v) is 6.36. The molecule has 0 spiro atoms. The van der Waals surface area contributed by atoms with Crippen LogP contribution in [-0.2, 0) is 11.2 Å². The molecule has 1 saturated carbocycles. The molecule has 0 saturated heterocycles. The molecular weight excluding hydrogens is 262 g/mol. The number of carbonyl (C=O) groups excluding carboxylic acids is 1. The highest BCUT2D eigenvalue weighted by Gasteiger charge is 2.24. The molecule has 2 rings (SSSR count). The molecule has 2 N–H and O–H groups in total. The van der Waals surface area contributed by atoms with Gasteiger partial charge in [-0.15, -0.1) is 0 Å². The standard InChI is InChI=1S/C18H27NO2/c1-14(11-12-15-7-3-2-4-8-15)13-18(21)19-16-9-5-6-10-17(16)20/h2-4,7-8,14,16-17,20H,5-6,9-13H2,1H3,(H,19,21). The normalized spacial score (nSPS) is 23.5. The van der Waals surface area contributed by atoms with E-state index < -0.39 is 0 Å². The highest BCUT2D eigenvalue weighted by molar-refractivity contribution is 5.76. The van der Waals surface area contributed by atoms with Gasteiger partial charge in [0, 0.05) is 6.42 Å². The maximum Gasteiger partial charge on any atom is 0.220 e. The number of hydrogen-bond donors (Lipinski definition) is 2. The molecule has 3 unspecified atom stereocenters. The zero-order valence-electron chi connectivity index (χ0n) is 12.9. The Balaban J connectivity index is 1.69. The van der Waals surface area contributed by atoms with Crippen LogP contribution in [0.25, 0.3) is 0 Å². The SMILES string of the molecule is CC(CCc1ccccc1)CC(=O)NC1CCCCC1O. The lowest BCUT2D eigenvalue weighted by atomic mass is 9.92. The molecule has 0 bridgehead atoms. The van der Waals surface area contributed by atoms with Crippen molar-refractivity contribution in [1.82, 2.24) is 5.32 Å². The van der Waals surface area contributed by atoms with E-state index in [1.807, 2.05) is 6.07 Å². The van der Waals surface area contributed by atoms with Gasteiger partial charge in [0.15, 0.2) is 0 Å². The number of rotatable bonds is 6. The lowest BCUT2D eigenvalue weighted by Gasteiger charge is -2.28. The van der Waals surface area contributed by atoms with E-state index in [0.717, 1.165) is 38.5 Å². The van der Waals surface area contributed by atoms with Crippen LogP contribution in [0, 0.1) is 5.92 Å². The molecule has 3 nitrogen and oxygen atoms in total. The summed E-state index contributed by atoms with van der Waals surface area (Å²) < 4.78 is 0. The molecule has 1 aromatic carbocycles. The summed E-state index contributed by atoms with van der Waals surface area (Å²) >= 11 is 0. The van der Waals surface area contributed by atoms with E-state index in [9.17, 15) is 9.90 Å². The minimum Gasteiger partial charge on any atom is -0.391 e. The van der Waals surface area contributed by atoms with Crippen LogP contribution in [0.1, 0.15) is 51.0 Å².